The van der Waals surface area contributed by atoms with Gasteiger partial charge in [0.2, 0.25) is 5.91 Å². The first-order valence-corrected chi connectivity index (χ1v) is 9.62. The van der Waals surface area contributed by atoms with E-state index in [9.17, 15) is 9.59 Å². The number of nitrogens with one attached hydrogen (secondary N) is 2. The van der Waals surface area contributed by atoms with Gasteiger partial charge in [-0.25, -0.2) is 4.98 Å². The van der Waals surface area contributed by atoms with E-state index in [-0.39, 0.29) is 24.4 Å². The van der Waals surface area contributed by atoms with Crippen LogP contribution in [0.15, 0.2) is 72.0 Å². The Bertz CT molecular complexity index is 1180. The van der Waals surface area contributed by atoms with Crippen LogP contribution in [0, 0.1) is 0 Å². The van der Waals surface area contributed by atoms with Crippen molar-refractivity contribution in [3.05, 3.63) is 77.6 Å². The van der Waals surface area contributed by atoms with Gasteiger partial charge in [0.1, 0.15) is 5.82 Å². The van der Waals surface area contributed by atoms with E-state index in [1.54, 1.807) is 18.2 Å². The van der Waals surface area contributed by atoms with E-state index >= 15 is 0 Å². The second kappa shape index (κ2) is 8.99. The Kier molecular flexibility index (Phi) is 5.79. The van der Waals surface area contributed by atoms with Gasteiger partial charge < -0.3 is 15.2 Å². The van der Waals surface area contributed by atoms with Crippen LogP contribution in [0.1, 0.15) is 6.42 Å². The van der Waals surface area contributed by atoms with Gasteiger partial charge in [0.25, 0.3) is 5.56 Å². The van der Waals surface area contributed by atoms with E-state index in [0.29, 0.717) is 29.8 Å². The Labute approximate surface area is 172 Å². The monoisotopic (exact) mass is 403 g/mol. The second-order valence-electron chi connectivity index (χ2n) is 6.65. The van der Waals surface area contributed by atoms with E-state index < -0.39 is 0 Å². The molecule has 2 N–H and O–H groups in total. The highest BCUT2D eigenvalue weighted by molar-refractivity contribution is 5.77. The fraction of sp³-hybridized carbons (Fsp3) is 0.190. The van der Waals surface area contributed by atoms with Crippen LogP contribution in [0.5, 0.6) is 0 Å². The summed E-state index contributed by atoms with van der Waals surface area (Å²) in [6, 6.07) is 14.7. The number of aromatic nitrogens is 5. The third-order valence-corrected chi connectivity index (χ3v) is 4.58. The number of anilines is 1. The van der Waals surface area contributed by atoms with Gasteiger partial charge in [0.05, 0.1) is 17.2 Å². The fourth-order valence-corrected chi connectivity index (χ4v) is 3.01. The molecular formula is C21H21N7O2. The van der Waals surface area contributed by atoms with Crippen molar-refractivity contribution < 1.29 is 4.79 Å². The lowest BCUT2D eigenvalue weighted by atomic mass is 10.2. The lowest BCUT2D eigenvalue weighted by molar-refractivity contribution is -0.121. The van der Waals surface area contributed by atoms with Gasteiger partial charge in [0.15, 0.2) is 5.82 Å². The third kappa shape index (κ3) is 4.52. The standard InChI is InChI=1S/C21H21N7O2/c29-20(9-14-28-15-24-17-6-2-1-5-16(17)21(28)30)23-11-10-22-18-7-8-19(26-25-18)27-12-3-4-13-27/h1-8,12-13,15H,9-11,14H2,(H,22,25)(H,23,29). The number of rotatable bonds is 8. The first-order chi connectivity index (χ1) is 14.7. The van der Waals surface area contributed by atoms with Gasteiger partial charge in [0, 0.05) is 38.4 Å². The van der Waals surface area contributed by atoms with Crippen molar-refractivity contribution in [2.45, 2.75) is 13.0 Å². The van der Waals surface area contributed by atoms with Crippen LogP contribution in [0.2, 0.25) is 0 Å². The maximum Gasteiger partial charge on any atom is 0.261 e. The van der Waals surface area contributed by atoms with E-state index in [1.165, 1.54) is 10.9 Å². The van der Waals surface area contributed by atoms with Gasteiger partial charge in [-0.05, 0) is 36.4 Å². The molecule has 3 aromatic heterocycles. The Hall–Kier alpha value is -4.01. The highest BCUT2D eigenvalue weighted by Crippen LogP contribution is 2.07. The lowest BCUT2D eigenvalue weighted by Gasteiger charge is -2.09. The molecule has 1 amide bonds. The highest BCUT2D eigenvalue weighted by Gasteiger charge is 2.06. The van der Waals surface area contributed by atoms with Crippen LogP contribution < -0.4 is 16.2 Å². The zero-order chi connectivity index (χ0) is 20.8. The van der Waals surface area contributed by atoms with Gasteiger partial charge in [-0.1, -0.05) is 12.1 Å². The predicted octanol–water partition coefficient (Wildman–Crippen LogP) is 1.60. The highest BCUT2D eigenvalue weighted by atomic mass is 16.1. The zero-order valence-electron chi connectivity index (χ0n) is 16.2. The number of hydrogen-bond donors (Lipinski definition) is 2. The molecule has 0 radical (unpaired) electrons. The Balaban J connectivity index is 1.21. The van der Waals surface area contributed by atoms with Crippen molar-refractivity contribution in [3.63, 3.8) is 0 Å². The maximum atomic E-state index is 12.4. The molecule has 0 aliphatic heterocycles. The number of hydrogen-bond acceptors (Lipinski definition) is 6. The number of carbonyl (C=O) groups excluding carboxylic acids is 1. The number of carbonyl (C=O) groups is 1. The largest absolute Gasteiger partial charge is 0.367 e. The van der Waals surface area contributed by atoms with Gasteiger partial charge >= 0.3 is 0 Å². The Morgan fingerprint density at radius 1 is 0.967 bits per heavy atom. The number of para-hydroxylation sites is 1. The lowest BCUT2D eigenvalue weighted by Crippen LogP contribution is -2.31. The summed E-state index contributed by atoms with van der Waals surface area (Å²) in [4.78, 5) is 28.8. The second-order valence-corrected chi connectivity index (χ2v) is 6.65. The quantitative estimate of drug-likeness (QED) is 0.433. The van der Waals surface area contributed by atoms with Crippen LogP contribution in [-0.2, 0) is 11.3 Å². The molecule has 0 bridgehead atoms. The summed E-state index contributed by atoms with van der Waals surface area (Å²) < 4.78 is 3.33. The minimum absolute atomic E-state index is 0.133. The van der Waals surface area contributed by atoms with Crippen LogP contribution in [0.4, 0.5) is 5.82 Å². The molecule has 0 unspecified atom stereocenters. The molecular weight excluding hydrogens is 382 g/mol. The molecule has 0 spiro atoms. The number of benzene rings is 1. The summed E-state index contributed by atoms with van der Waals surface area (Å²) in [6.07, 6.45) is 5.48. The first-order valence-electron chi connectivity index (χ1n) is 9.62. The average Bonchev–Trinajstić information content (AvgIpc) is 3.32. The molecule has 0 aliphatic rings. The molecule has 0 fully saturated rings. The van der Waals surface area contributed by atoms with Crippen molar-refractivity contribution in [2.24, 2.45) is 0 Å². The number of nitrogens with zero attached hydrogens (tertiary/aromatic N) is 5. The molecule has 4 rings (SSSR count). The van der Waals surface area contributed by atoms with Gasteiger partial charge in [-0.2, -0.15) is 0 Å². The SMILES string of the molecule is O=C(CCn1cnc2ccccc2c1=O)NCCNc1ccc(-n2cccc2)nn1. The molecule has 152 valence electrons. The van der Waals surface area contributed by atoms with Crippen LogP contribution in [-0.4, -0.2) is 43.3 Å². The topological polar surface area (TPSA) is 107 Å². The smallest absolute Gasteiger partial charge is 0.261 e. The summed E-state index contributed by atoms with van der Waals surface area (Å²) in [7, 11) is 0. The van der Waals surface area contributed by atoms with E-state index in [0.717, 1.165) is 5.82 Å². The summed E-state index contributed by atoms with van der Waals surface area (Å²) in [5.74, 6) is 1.23. The Morgan fingerprint density at radius 3 is 2.60 bits per heavy atom. The van der Waals surface area contributed by atoms with Crippen LogP contribution >= 0.6 is 0 Å². The fourth-order valence-electron chi connectivity index (χ4n) is 3.01. The molecule has 1 aromatic carbocycles. The molecule has 9 heteroatoms. The minimum Gasteiger partial charge on any atom is -0.367 e. The van der Waals surface area contributed by atoms with Crippen LogP contribution in [0.25, 0.3) is 16.7 Å². The first kappa shape index (κ1) is 19.3. The minimum atomic E-state index is -0.142. The maximum absolute atomic E-state index is 12.4. The molecule has 0 saturated heterocycles. The number of aryl methyl sites for hydroxylation is 1. The molecule has 0 saturated carbocycles. The summed E-state index contributed by atoms with van der Waals surface area (Å²) in [5, 5.41) is 14.8. The number of fused-ring (bicyclic) bond motifs is 1. The van der Waals surface area contributed by atoms with Crippen molar-refractivity contribution >= 4 is 22.6 Å². The molecule has 30 heavy (non-hydrogen) atoms. The number of amides is 1. The molecule has 0 aliphatic carbocycles. The molecule has 9 nitrogen and oxygen atoms in total. The van der Waals surface area contributed by atoms with Crippen LogP contribution in [0.3, 0.4) is 0 Å². The third-order valence-electron chi connectivity index (χ3n) is 4.58. The average molecular weight is 403 g/mol. The molecule has 0 atom stereocenters. The molecule has 4 aromatic rings. The van der Waals surface area contributed by atoms with Gasteiger partial charge in [-0.15, -0.1) is 10.2 Å². The molecule has 3 heterocycles. The zero-order valence-corrected chi connectivity index (χ0v) is 16.2. The van der Waals surface area contributed by atoms with E-state index in [1.807, 2.05) is 47.3 Å². The van der Waals surface area contributed by atoms with E-state index in [4.69, 9.17) is 0 Å². The summed E-state index contributed by atoms with van der Waals surface area (Å²) in [6.45, 7) is 1.23. The van der Waals surface area contributed by atoms with E-state index in [2.05, 4.69) is 25.8 Å². The Morgan fingerprint density at radius 2 is 1.80 bits per heavy atom. The van der Waals surface area contributed by atoms with Crippen molar-refractivity contribution in [2.75, 3.05) is 18.4 Å². The normalized spacial score (nSPS) is 10.8. The van der Waals surface area contributed by atoms with Crippen molar-refractivity contribution in [1.29, 1.82) is 0 Å². The summed E-state index contributed by atoms with van der Waals surface area (Å²) >= 11 is 0. The predicted molar refractivity (Wildman–Crippen MR) is 113 cm³/mol. The van der Waals surface area contributed by atoms with Crippen molar-refractivity contribution in [1.82, 2.24) is 29.6 Å². The van der Waals surface area contributed by atoms with Crippen molar-refractivity contribution in [3.8, 4) is 5.82 Å². The van der Waals surface area contributed by atoms with Gasteiger partial charge in [-0.3, -0.25) is 14.2 Å². The summed E-state index contributed by atoms with van der Waals surface area (Å²) in [5.41, 5.74) is 0.510.